The van der Waals surface area contributed by atoms with Gasteiger partial charge in [-0.3, -0.25) is 4.79 Å². The lowest BCUT2D eigenvalue weighted by atomic mass is 10.1. The fraction of sp³-hybridized carbons (Fsp3) is 0.412. The van der Waals surface area contributed by atoms with Crippen LogP contribution in [0.1, 0.15) is 36.7 Å². The smallest absolute Gasteiger partial charge is 0.272 e. The normalized spacial score (nSPS) is 14.6. The first-order chi connectivity index (χ1) is 10.3. The SMILES string of the molecule is CCCNc1cc(C(=O)N2CCCC2)nc2ccccc12. The number of anilines is 1. The topological polar surface area (TPSA) is 45.2 Å². The van der Waals surface area contributed by atoms with Crippen LogP contribution in [-0.4, -0.2) is 35.4 Å². The molecule has 1 aliphatic rings. The van der Waals surface area contributed by atoms with Gasteiger partial charge in [0.15, 0.2) is 0 Å². The van der Waals surface area contributed by atoms with Crippen LogP contribution in [0.2, 0.25) is 0 Å². The third-order valence-electron chi connectivity index (χ3n) is 3.89. The van der Waals surface area contributed by atoms with Crippen LogP contribution in [0.3, 0.4) is 0 Å². The van der Waals surface area contributed by atoms with Crippen molar-refractivity contribution in [1.82, 2.24) is 9.88 Å². The molecule has 1 saturated heterocycles. The third-order valence-corrected chi connectivity index (χ3v) is 3.89. The number of pyridine rings is 1. The fourth-order valence-electron chi connectivity index (χ4n) is 2.77. The monoisotopic (exact) mass is 283 g/mol. The van der Waals surface area contributed by atoms with Crippen LogP contribution >= 0.6 is 0 Å². The van der Waals surface area contributed by atoms with Crippen LogP contribution in [0.4, 0.5) is 5.69 Å². The largest absolute Gasteiger partial charge is 0.384 e. The first-order valence-electron chi connectivity index (χ1n) is 7.72. The van der Waals surface area contributed by atoms with Gasteiger partial charge in [0.05, 0.1) is 5.52 Å². The highest BCUT2D eigenvalue weighted by molar-refractivity contribution is 5.99. The molecule has 0 radical (unpaired) electrons. The van der Waals surface area contributed by atoms with E-state index in [-0.39, 0.29) is 5.91 Å². The maximum atomic E-state index is 12.6. The second kappa shape index (κ2) is 6.12. The van der Waals surface area contributed by atoms with Crippen molar-refractivity contribution in [1.29, 1.82) is 0 Å². The lowest BCUT2D eigenvalue weighted by molar-refractivity contribution is 0.0787. The van der Waals surface area contributed by atoms with Crippen LogP contribution in [-0.2, 0) is 0 Å². The van der Waals surface area contributed by atoms with Gasteiger partial charge in [-0.2, -0.15) is 0 Å². The van der Waals surface area contributed by atoms with Crippen molar-refractivity contribution >= 4 is 22.5 Å². The van der Waals surface area contributed by atoms with Gasteiger partial charge in [-0.1, -0.05) is 25.1 Å². The van der Waals surface area contributed by atoms with E-state index in [9.17, 15) is 4.79 Å². The molecule has 2 heterocycles. The average Bonchev–Trinajstić information content (AvgIpc) is 3.06. The number of hydrogen-bond acceptors (Lipinski definition) is 3. The molecule has 4 heteroatoms. The van der Waals surface area contributed by atoms with Gasteiger partial charge < -0.3 is 10.2 Å². The molecule has 0 spiro atoms. The molecule has 4 nitrogen and oxygen atoms in total. The van der Waals surface area contributed by atoms with Gasteiger partial charge in [0, 0.05) is 30.7 Å². The number of para-hydroxylation sites is 1. The van der Waals surface area contributed by atoms with Crippen molar-refractivity contribution in [2.24, 2.45) is 0 Å². The summed E-state index contributed by atoms with van der Waals surface area (Å²) in [4.78, 5) is 19.0. The van der Waals surface area contributed by atoms with Gasteiger partial charge in [0.2, 0.25) is 0 Å². The zero-order chi connectivity index (χ0) is 14.7. The highest BCUT2D eigenvalue weighted by Gasteiger charge is 2.21. The number of nitrogens with zero attached hydrogens (tertiary/aromatic N) is 2. The average molecular weight is 283 g/mol. The molecule has 1 aromatic heterocycles. The van der Waals surface area contributed by atoms with Gasteiger partial charge in [-0.15, -0.1) is 0 Å². The quantitative estimate of drug-likeness (QED) is 0.936. The minimum atomic E-state index is 0.0535. The van der Waals surface area contributed by atoms with E-state index < -0.39 is 0 Å². The molecule has 0 aliphatic carbocycles. The molecule has 1 aromatic carbocycles. The zero-order valence-corrected chi connectivity index (χ0v) is 12.4. The Labute approximate surface area is 125 Å². The molecule has 0 atom stereocenters. The van der Waals surface area contributed by atoms with Gasteiger partial charge in [-0.25, -0.2) is 4.98 Å². The van der Waals surface area contributed by atoms with Gasteiger partial charge in [0.25, 0.3) is 5.91 Å². The molecular formula is C17H21N3O. The first kappa shape index (κ1) is 13.9. The zero-order valence-electron chi connectivity index (χ0n) is 12.4. The molecular weight excluding hydrogens is 262 g/mol. The summed E-state index contributed by atoms with van der Waals surface area (Å²) in [5.74, 6) is 0.0535. The second-order valence-electron chi connectivity index (χ2n) is 5.50. The molecule has 2 aromatic rings. The van der Waals surface area contributed by atoms with Crippen molar-refractivity contribution in [2.45, 2.75) is 26.2 Å². The summed E-state index contributed by atoms with van der Waals surface area (Å²) in [5.41, 5.74) is 2.43. The lowest BCUT2D eigenvalue weighted by Crippen LogP contribution is -2.28. The molecule has 0 unspecified atom stereocenters. The van der Waals surface area contributed by atoms with Crippen LogP contribution in [0.25, 0.3) is 10.9 Å². The third kappa shape index (κ3) is 2.84. The number of carbonyl (C=O) groups excluding carboxylic acids is 1. The van der Waals surface area contributed by atoms with Crippen molar-refractivity contribution in [3.63, 3.8) is 0 Å². The number of benzene rings is 1. The van der Waals surface area contributed by atoms with Crippen LogP contribution in [0, 0.1) is 0 Å². The van der Waals surface area contributed by atoms with Crippen molar-refractivity contribution < 1.29 is 4.79 Å². The minimum Gasteiger partial charge on any atom is -0.384 e. The van der Waals surface area contributed by atoms with E-state index in [4.69, 9.17) is 0 Å². The summed E-state index contributed by atoms with van der Waals surface area (Å²) in [6.45, 7) is 4.73. The van der Waals surface area contributed by atoms with E-state index in [2.05, 4.69) is 17.2 Å². The Morgan fingerprint density at radius 1 is 1.29 bits per heavy atom. The molecule has 0 bridgehead atoms. The Kier molecular flexibility index (Phi) is 4.04. The maximum Gasteiger partial charge on any atom is 0.272 e. The first-order valence-corrected chi connectivity index (χ1v) is 7.72. The number of rotatable bonds is 4. The Bertz CT molecular complexity index is 648. The predicted octanol–water partition coefficient (Wildman–Crippen LogP) is 3.29. The molecule has 1 N–H and O–H groups in total. The van der Waals surface area contributed by atoms with E-state index >= 15 is 0 Å². The number of aromatic nitrogens is 1. The Balaban J connectivity index is 2.00. The van der Waals surface area contributed by atoms with Crippen LogP contribution in [0.15, 0.2) is 30.3 Å². The highest BCUT2D eigenvalue weighted by atomic mass is 16.2. The summed E-state index contributed by atoms with van der Waals surface area (Å²) >= 11 is 0. The Morgan fingerprint density at radius 3 is 2.81 bits per heavy atom. The Morgan fingerprint density at radius 2 is 2.05 bits per heavy atom. The molecule has 1 aliphatic heterocycles. The number of fused-ring (bicyclic) bond motifs is 1. The molecule has 110 valence electrons. The highest BCUT2D eigenvalue weighted by Crippen LogP contribution is 2.24. The van der Waals surface area contributed by atoms with Gasteiger partial charge >= 0.3 is 0 Å². The molecule has 1 amide bonds. The Hall–Kier alpha value is -2.10. The second-order valence-corrected chi connectivity index (χ2v) is 5.50. The molecule has 0 saturated carbocycles. The van der Waals surface area contributed by atoms with E-state index in [0.29, 0.717) is 5.69 Å². The summed E-state index contributed by atoms with van der Waals surface area (Å²) in [5, 5.41) is 4.49. The number of hydrogen-bond donors (Lipinski definition) is 1. The number of nitrogens with one attached hydrogen (secondary N) is 1. The van der Waals surface area contributed by atoms with Crippen molar-refractivity contribution in [3.8, 4) is 0 Å². The van der Waals surface area contributed by atoms with Crippen molar-refractivity contribution in [2.75, 3.05) is 25.0 Å². The summed E-state index contributed by atoms with van der Waals surface area (Å²) in [6, 6.07) is 9.88. The minimum absolute atomic E-state index is 0.0535. The van der Waals surface area contributed by atoms with E-state index in [0.717, 1.165) is 55.5 Å². The summed E-state index contributed by atoms with van der Waals surface area (Å²) in [7, 11) is 0. The maximum absolute atomic E-state index is 12.6. The number of amides is 1. The molecule has 1 fully saturated rings. The van der Waals surface area contributed by atoms with Gasteiger partial charge in [0.1, 0.15) is 5.69 Å². The van der Waals surface area contributed by atoms with E-state index in [1.54, 1.807) is 0 Å². The van der Waals surface area contributed by atoms with Crippen LogP contribution in [0.5, 0.6) is 0 Å². The standard InChI is InChI=1S/C17H21N3O/c1-2-9-18-15-12-16(17(21)20-10-5-6-11-20)19-14-8-4-3-7-13(14)15/h3-4,7-8,12H,2,5-6,9-11H2,1H3,(H,18,19). The van der Waals surface area contributed by atoms with Gasteiger partial charge in [-0.05, 0) is 31.4 Å². The summed E-state index contributed by atoms with van der Waals surface area (Å²) < 4.78 is 0. The predicted molar refractivity (Wildman–Crippen MR) is 85.7 cm³/mol. The van der Waals surface area contributed by atoms with Crippen LogP contribution < -0.4 is 5.32 Å². The van der Waals surface area contributed by atoms with E-state index in [1.807, 2.05) is 35.2 Å². The number of likely N-dealkylation sites (tertiary alicyclic amines) is 1. The summed E-state index contributed by atoms with van der Waals surface area (Å²) in [6.07, 6.45) is 3.24. The molecule has 21 heavy (non-hydrogen) atoms. The van der Waals surface area contributed by atoms with Crippen molar-refractivity contribution in [3.05, 3.63) is 36.0 Å². The molecule has 3 rings (SSSR count). The van der Waals surface area contributed by atoms with E-state index in [1.165, 1.54) is 0 Å². The fourth-order valence-corrected chi connectivity index (χ4v) is 2.77. The number of carbonyl (C=O) groups is 1. The lowest BCUT2D eigenvalue weighted by Gasteiger charge is -2.16.